The summed E-state index contributed by atoms with van der Waals surface area (Å²) >= 11 is 0. The molecule has 0 amide bonds. The Kier molecular flexibility index (Phi) is 4.58. The smallest absolute Gasteiger partial charge is 0.129 e. The van der Waals surface area contributed by atoms with Crippen LogP contribution in [0, 0.1) is 12.7 Å². The number of hydrogen-bond acceptors (Lipinski definition) is 3. The summed E-state index contributed by atoms with van der Waals surface area (Å²) < 4.78 is 24.2. The van der Waals surface area contributed by atoms with Crippen LogP contribution in [0.25, 0.3) is 0 Å². The van der Waals surface area contributed by atoms with Crippen LogP contribution in [0.5, 0.6) is 5.75 Å². The summed E-state index contributed by atoms with van der Waals surface area (Å²) in [5.74, 6) is 1.19. The van der Waals surface area contributed by atoms with Crippen LogP contribution < -0.4 is 10.1 Å². The van der Waals surface area contributed by atoms with Gasteiger partial charge in [-0.2, -0.15) is 0 Å². The van der Waals surface area contributed by atoms with E-state index >= 15 is 0 Å². The molecule has 102 valence electrons. The van der Waals surface area contributed by atoms with Crippen LogP contribution in [0.3, 0.4) is 0 Å². The minimum absolute atomic E-state index is 0.0444. The summed E-state index contributed by atoms with van der Waals surface area (Å²) in [7, 11) is 0. The van der Waals surface area contributed by atoms with Crippen LogP contribution in [-0.4, -0.2) is 12.6 Å². The number of benzene rings is 1. The Balaban J connectivity index is 1.77. The summed E-state index contributed by atoms with van der Waals surface area (Å²) in [5, 5.41) is 3.22. The molecule has 2 rings (SSSR count). The maximum Gasteiger partial charge on any atom is 0.129 e. The van der Waals surface area contributed by atoms with Gasteiger partial charge in [0.15, 0.2) is 0 Å². The van der Waals surface area contributed by atoms with Crippen molar-refractivity contribution in [3.05, 3.63) is 53.7 Å². The van der Waals surface area contributed by atoms with E-state index in [0.717, 1.165) is 5.76 Å². The summed E-state index contributed by atoms with van der Waals surface area (Å²) in [6, 6.07) is 8.67. The lowest BCUT2D eigenvalue weighted by Gasteiger charge is -2.15. The Morgan fingerprint density at radius 3 is 2.89 bits per heavy atom. The monoisotopic (exact) mass is 263 g/mol. The third kappa shape index (κ3) is 4.10. The van der Waals surface area contributed by atoms with Crippen molar-refractivity contribution in [1.82, 2.24) is 5.32 Å². The highest BCUT2D eigenvalue weighted by atomic mass is 19.1. The van der Waals surface area contributed by atoms with E-state index in [-0.39, 0.29) is 11.9 Å². The molecular formula is C15H18FNO2. The van der Waals surface area contributed by atoms with Crippen LogP contribution in [0.1, 0.15) is 18.2 Å². The average molecular weight is 263 g/mol. The number of aryl methyl sites for hydroxylation is 1. The van der Waals surface area contributed by atoms with Gasteiger partial charge in [0.25, 0.3) is 0 Å². The predicted octanol–water partition coefficient (Wildman–Crippen LogP) is 3.28. The van der Waals surface area contributed by atoms with E-state index in [2.05, 4.69) is 5.32 Å². The summed E-state index contributed by atoms with van der Waals surface area (Å²) in [4.78, 5) is 0. The van der Waals surface area contributed by atoms with Gasteiger partial charge in [-0.3, -0.25) is 0 Å². The van der Waals surface area contributed by atoms with Crippen LogP contribution >= 0.6 is 0 Å². The van der Waals surface area contributed by atoms with Gasteiger partial charge < -0.3 is 14.5 Å². The fraction of sp³-hybridized carbons (Fsp3) is 0.333. The number of halogens is 1. The van der Waals surface area contributed by atoms with Crippen molar-refractivity contribution < 1.29 is 13.5 Å². The molecule has 0 saturated heterocycles. The number of furan rings is 1. The van der Waals surface area contributed by atoms with Crippen molar-refractivity contribution in [2.75, 3.05) is 6.54 Å². The lowest BCUT2D eigenvalue weighted by molar-refractivity contribution is 0.214. The summed E-state index contributed by atoms with van der Waals surface area (Å²) in [6.07, 6.45) is 1.60. The van der Waals surface area contributed by atoms with Gasteiger partial charge in [-0.15, -0.1) is 0 Å². The molecule has 1 atom stereocenters. The molecule has 19 heavy (non-hydrogen) atoms. The minimum atomic E-state index is -0.242. The molecule has 0 aliphatic carbocycles. The average Bonchev–Trinajstić information content (AvgIpc) is 2.87. The molecule has 0 radical (unpaired) electrons. The van der Waals surface area contributed by atoms with Crippen LogP contribution in [-0.2, 0) is 6.54 Å². The highest BCUT2D eigenvalue weighted by Gasteiger charge is 2.06. The quantitative estimate of drug-likeness (QED) is 0.868. The third-order valence-electron chi connectivity index (χ3n) is 2.79. The normalized spacial score (nSPS) is 12.4. The highest BCUT2D eigenvalue weighted by molar-refractivity contribution is 5.28. The summed E-state index contributed by atoms with van der Waals surface area (Å²) in [5.41, 5.74) is 0.621. The number of hydrogen-bond donors (Lipinski definition) is 1. The molecule has 1 aromatic carbocycles. The molecule has 1 aromatic heterocycles. The zero-order valence-corrected chi connectivity index (χ0v) is 11.2. The van der Waals surface area contributed by atoms with E-state index in [1.165, 1.54) is 6.07 Å². The Morgan fingerprint density at radius 2 is 2.21 bits per heavy atom. The second kappa shape index (κ2) is 6.38. The maximum atomic E-state index is 13.4. The second-order valence-corrected chi connectivity index (χ2v) is 4.55. The van der Waals surface area contributed by atoms with Crippen molar-refractivity contribution in [3.63, 3.8) is 0 Å². The zero-order valence-electron chi connectivity index (χ0n) is 11.2. The number of nitrogens with one attached hydrogen (secondary N) is 1. The van der Waals surface area contributed by atoms with Crippen LogP contribution in [0.4, 0.5) is 4.39 Å². The molecule has 0 fully saturated rings. The molecule has 1 N–H and O–H groups in total. The molecule has 1 heterocycles. The lowest BCUT2D eigenvalue weighted by atomic mass is 10.2. The Labute approximate surface area is 112 Å². The van der Waals surface area contributed by atoms with E-state index in [1.807, 2.05) is 19.1 Å². The molecule has 4 heteroatoms. The third-order valence-corrected chi connectivity index (χ3v) is 2.79. The molecule has 0 bridgehead atoms. The van der Waals surface area contributed by atoms with Gasteiger partial charge in [0.2, 0.25) is 0 Å². The van der Waals surface area contributed by atoms with Crippen LogP contribution in [0.15, 0.2) is 41.0 Å². The first-order chi connectivity index (χ1) is 9.15. The van der Waals surface area contributed by atoms with Crippen molar-refractivity contribution in [2.24, 2.45) is 0 Å². The fourth-order valence-electron chi connectivity index (χ4n) is 1.73. The Bertz CT molecular complexity index is 511. The molecule has 0 aliphatic heterocycles. The van der Waals surface area contributed by atoms with Gasteiger partial charge in [-0.05, 0) is 37.6 Å². The van der Waals surface area contributed by atoms with Crippen molar-refractivity contribution in [1.29, 1.82) is 0 Å². The first-order valence-corrected chi connectivity index (χ1v) is 6.31. The first-order valence-electron chi connectivity index (χ1n) is 6.31. The second-order valence-electron chi connectivity index (χ2n) is 4.55. The molecular weight excluding hydrogens is 245 g/mol. The standard InChI is InChI=1S/C15H18FNO2/c1-11-5-6-13(8-15(11)16)19-12(2)9-17-10-14-4-3-7-18-14/h3-8,12,17H,9-10H2,1-2H3. The van der Waals surface area contributed by atoms with E-state index in [9.17, 15) is 4.39 Å². The first kappa shape index (κ1) is 13.6. The number of ether oxygens (including phenoxy) is 1. The van der Waals surface area contributed by atoms with Gasteiger partial charge in [0, 0.05) is 12.6 Å². The fourth-order valence-corrected chi connectivity index (χ4v) is 1.73. The largest absolute Gasteiger partial charge is 0.489 e. The topological polar surface area (TPSA) is 34.4 Å². The van der Waals surface area contributed by atoms with E-state index in [1.54, 1.807) is 25.3 Å². The van der Waals surface area contributed by atoms with Gasteiger partial charge in [-0.25, -0.2) is 4.39 Å². The Morgan fingerprint density at radius 1 is 1.37 bits per heavy atom. The Hall–Kier alpha value is -1.81. The molecule has 2 aromatic rings. The highest BCUT2D eigenvalue weighted by Crippen LogP contribution is 2.17. The molecule has 3 nitrogen and oxygen atoms in total. The minimum Gasteiger partial charge on any atom is -0.489 e. The van der Waals surface area contributed by atoms with E-state index in [4.69, 9.17) is 9.15 Å². The van der Waals surface area contributed by atoms with Crippen molar-refractivity contribution >= 4 is 0 Å². The van der Waals surface area contributed by atoms with Gasteiger partial charge in [0.05, 0.1) is 12.8 Å². The maximum absolute atomic E-state index is 13.4. The van der Waals surface area contributed by atoms with Gasteiger partial charge in [-0.1, -0.05) is 6.07 Å². The van der Waals surface area contributed by atoms with Gasteiger partial charge in [0.1, 0.15) is 23.4 Å². The van der Waals surface area contributed by atoms with Gasteiger partial charge >= 0.3 is 0 Å². The van der Waals surface area contributed by atoms with E-state index < -0.39 is 0 Å². The van der Waals surface area contributed by atoms with Crippen molar-refractivity contribution in [3.8, 4) is 5.75 Å². The van der Waals surface area contributed by atoms with E-state index in [0.29, 0.717) is 24.4 Å². The SMILES string of the molecule is Cc1ccc(OC(C)CNCc2ccco2)cc1F. The van der Waals surface area contributed by atoms with Crippen molar-refractivity contribution in [2.45, 2.75) is 26.5 Å². The molecule has 0 spiro atoms. The lowest BCUT2D eigenvalue weighted by Crippen LogP contribution is -2.28. The number of rotatable bonds is 6. The predicted molar refractivity (Wildman–Crippen MR) is 71.6 cm³/mol. The molecule has 0 saturated carbocycles. The molecule has 1 unspecified atom stereocenters. The van der Waals surface area contributed by atoms with Crippen LogP contribution in [0.2, 0.25) is 0 Å². The molecule has 0 aliphatic rings. The summed E-state index contributed by atoms with van der Waals surface area (Å²) in [6.45, 7) is 4.99. The zero-order chi connectivity index (χ0) is 13.7.